The lowest BCUT2D eigenvalue weighted by atomic mass is 10.2. The summed E-state index contributed by atoms with van der Waals surface area (Å²) < 4.78 is 50.6. The molecule has 13 heteroatoms. The number of amides is 1. The number of rotatable bonds is 14. The normalized spacial score (nSPS) is 12.4. The van der Waals surface area contributed by atoms with Gasteiger partial charge in [-0.15, -0.1) is 0 Å². The molecule has 212 valence electrons. The zero-order valence-corrected chi connectivity index (χ0v) is 24.0. The van der Waals surface area contributed by atoms with Crippen molar-refractivity contribution in [2.75, 3.05) is 60.8 Å². The number of sulfonamides is 1. The van der Waals surface area contributed by atoms with Gasteiger partial charge in [0.15, 0.2) is 4.80 Å². The average Bonchev–Trinajstić information content (AvgIpc) is 3.28. The third kappa shape index (κ3) is 7.59. The van der Waals surface area contributed by atoms with Crippen molar-refractivity contribution < 1.29 is 37.0 Å². The minimum Gasteiger partial charge on any atom is -0.465 e. The Labute approximate surface area is 231 Å². The van der Waals surface area contributed by atoms with Crippen molar-refractivity contribution in [3.05, 3.63) is 58.4 Å². The lowest BCUT2D eigenvalue weighted by molar-refractivity contribution is 0.0600. The molecule has 0 N–H and O–H groups in total. The molecule has 3 aromatic rings. The fourth-order valence-corrected chi connectivity index (χ4v) is 6.23. The molecule has 0 bridgehead atoms. The van der Waals surface area contributed by atoms with Gasteiger partial charge in [-0.3, -0.25) is 4.79 Å². The van der Waals surface area contributed by atoms with E-state index in [0.29, 0.717) is 30.1 Å². The van der Waals surface area contributed by atoms with E-state index in [9.17, 15) is 18.0 Å². The maximum atomic E-state index is 13.1. The number of ether oxygens (including phenoxy) is 4. The fourth-order valence-electron chi connectivity index (χ4n) is 3.73. The first-order valence-corrected chi connectivity index (χ1v) is 14.5. The van der Waals surface area contributed by atoms with Gasteiger partial charge in [-0.1, -0.05) is 11.3 Å². The van der Waals surface area contributed by atoms with Crippen LogP contribution in [-0.2, 0) is 35.5 Å². The van der Waals surface area contributed by atoms with Crippen molar-refractivity contribution in [3.63, 3.8) is 0 Å². The number of hydrogen-bond donors (Lipinski definition) is 0. The number of nitrogens with zero attached hydrogens (tertiary/aromatic N) is 3. The van der Waals surface area contributed by atoms with Crippen molar-refractivity contribution in [3.8, 4) is 0 Å². The van der Waals surface area contributed by atoms with Crippen LogP contribution < -0.4 is 4.80 Å². The van der Waals surface area contributed by atoms with E-state index in [1.807, 2.05) is 11.5 Å². The Balaban J connectivity index is 1.94. The topological polar surface area (TPSA) is 126 Å². The van der Waals surface area contributed by atoms with Crippen molar-refractivity contribution >= 4 is 43.5 Å². The van der Waals surface area contributed by atoms with Crippen LogP contribution in [0.25, 0.3) is 10.2 Å². The molecule has 0 radical (unpaired) electrons. The first-order chi connectivity index (χ1) is 18.8. The van der Waals surface area contributed by atoms with E-state index in [1.54, 1.807) is 18.2 Å². The van der Waals surface area contributed by atoms with Crippen LogP contribution in [0.2, 0.25) is 0 Å². The summed E-state index contributed by atoms with van der Waals surface area (Å²) >= 11 is 1.26. The van der Waals surface area contributed by atoms with E-state index >= 15 is 0 Å². The second-order valence-electron chi connectivity index (χ2n) is 8.24. The van der Waals surface area contributed by atoms with Gasteiger partial charge in [-0.05, 0) is 49.4 Å². The minimum atomic E-state index is -3.82. The summed E-state index contributed by atoms with van der Waals surface area (Å²) in [7, 11) is 0.496. The number of methoxy groups -OCH3 is 3. The molecule has 1 heterocycles. The van der Waals surface area contributed by atoms with Crippen LogP contribution in [0, 0.1) is 0 Å². The summed E-state index contributed by atoms with van der Waals surface area (Å²) in [5.74, 6) is -0.988. The van der Waals surface area contributed by atoms with Crippen LogP contribution in [-0.4, -0.2) is 90.0 Å². The van der Waals surface area contributed by atoms with Crippen molar-refractivity contribution in [1.29, 1.82) is 0 Å². The molecule has 0 saturated carbocycles. The Bertz CT molecular complexity index is 1440. The van der Waals surface area contributed by atoms with Crippen LogP contribution in [0.4, 0.5) is 0 Å². The number of benzene rings is 2. The second kappa shape index (κ2) is 14.4. The van der Waals surface area contributed by atoms with E-state index < -0.39 is 21.9 Å². The first-order valence-electron chi connectivity index (χ1n) is 12.2. The smallest absolute Gasteiger partial charge is 0.337 e. The quantitative estimate of drug-likeness (QED) is 0.211. The third-order valence-electron chi connectivity index (χ3n) is 5.79. The largest absolute Gasteiger partial charge is 0.465 e. The van der Waals surface area contributed by atoms with E-state index in [0.717, 1.165) is 10.2 Å². The van der Waals surface area contributed by atoms with Crippen LogP contribution in [0.5, 0.6) is 0 Å². The lowest BCUT2D eigenvalue weighted by Gasteiger charge is -2.21. The van der Waals surface area contributed by atoms with Gasteiger partial charge in [-0.25, -0.2) is 13.2 Å². The number of thiazole rings is 1. The fraction of sp³-hybridized carbons (Fsp3) is 0.423. The molecular formula is C26H33N3O8S2. The molecule has 39 heavy (non-hydrogen) atoms. The zero-order chi connectivity index (χ0) is 28.4. The summed E-state index contributed by atoms with van der Waals surface area (Å²) in [5.41, 5.74) is 1.42. The van der Waals surface area contributed by atoms with Gasteiger partial charge >= 0.3 is 5.97 Å². The Morgan fingerprint density at radius 1 is 0.949 bits per heavy atom. The Hall–Kier alpha value is -2.94. The Morgan fingerprint density at radius 2 is 1.59 bits per heavy atom. The van der Waals surface area contributed by atoms with Crippen LogP contribution in [0.1, 0.15) is 27.6 Å². The highest BCUT2D eigenvalue weighted by Gasteiger charge is 2.24. The standard InChI is InChI=1S/C26H33N3O8S2/c1-5-37-17-14-29-22-11-8-20(25(31)36-4)18-23(22)38-26(29)27-24(30)19-6-9-21(10-7-19)39(32,33)28(12-15-34-2)13-16-35-3/h6-11,18H,5,12-17H2,1-4H3. The maximum absolute atomic E-state index is 13.1. The van der Waals surface area contributed by atoms with E-state index in [1.165, 1.54) is 61.2 Å². The Kier molecular flexibility index (Phi) is 11.3. The molecule has 0 spiro atoms. The zero-order valence-electron chi connectivity index (χ0n) is 22.4. The number of fused-ring (bicyclic) bond motifs is 1. The molecular weight excluding hydrogens is 546 g/mol. The molecule has 11 nitrogen and oxygen atoms in total. The van der Waals surface area contributed by atoms with E-state index in [2.05, 4.69) is 4.99 Å². The lowest BCUT2D eigenvalue weighted by Crippen LogP contribution is -2.36. The number of carbonyl (C=O) groups is 2. The van der Waals surface area contributed by atoms with Crippen LogP contribution in [0.15, 0.2) is 52.4 Å². The number of esters is 1. The van der Waals surface area contributed by atoms with Gasteiger partial charge in [0.1, 0.15) is 0 Å². The molecule has 0 aliphatic carbocycles. The minimum absolute atomic E-state index is 0.0511. The van der Waals surface area contributed by atoms with Gasteiger partial charge < -0.3 is 23.5 Å². The summed E-state index contributed by atoms with van der Waals surface area (Å²) in [6.07, 6.45) is 0. The predicted molar refractivity (Wildman–Crippen MR) is 146 cm³/mol. The highest BCUT2D eigenvalue weighted by molar-refractivity contribution is 7.89. The van der Waals surface area contributed by atoms with E-state index in [4.69, 9.17) is 18.9 Å². The summed E-state index contributed by atoms with van der Waals surface area (Å²) in [6.45, 7) is 4.12. The molecule has 0 unspecified atom stereocenters. The molecule has 0 atom stereocenters. The van der Waals surface area contributed by atoms with E-state index in [-0.39, 0.29) is 36.8 Å². The van der Waals surface area contributed by atoms with Crippen molar-refractivity contribution in [2.45, 2.75) is 18.4 Å². The SMILES string of the molecule is CCOCCn1c(=NC(=O)c2ccc(S(=O)(=O)N(CCOC)CCOC)cc2)sc2cc(C(=O)OC)ccc21. The molecule has 0 aliphatic rings. The predicted octanol–water partition coefficient (Wildman–Crippen LogP) is 2.55. The molecule has 3 rings (SSSR count). The van der Waals surface area contributed by atoms with Gasteiger partial charge in [0, 0.05) is 46.0 Å². The highest BCUT2D eigenvalue weighted by atomic mass is 32.2. The Morgan fingerprint density at radius 3 is 2.18 bits per heavy atom. The number of carbonyl (C=O) groups excluding carboxylic acids is 2. The van der Waals surface area contributed by atoms with Gasteiger partial charge in [0.25, 0.3) is 5.91 Å². The first kappa shape index (κ1) is 30.6. The summed E-state index contributed by atoms with van der Waals surface area (Å²) in [5, 5.41) is 0. The van der Waals surface area contributed by atoms with Gasteiger partial charge in [0.05, 0.1) is 47.6 Å². The average molecular weight is 580 g/mol. The van der Waals surface area contributed by atoms with Crippen LogP contribution in [0.3, 0.4) is 0 Å². The third-order valence-corrected chi connectivity index (χ3v) is 8.75. The van der Waals surface area contributed by atoms with Crippen molar-refractivity contribution in [2.24, 2.45) is 4.99 Å². The maximum Gasteiger partial charge on any atom is 0.337 e. The van der Waals surface area contributed by atoms with Gasteiger partial charge in [0.2, 0.25) is 10.0 Å². The molecule has 0 saturated heterocycles. The van der Waals surface area contributed by atoms with Crippen LogP contribution >= 0.6 is 11.3 Å². The van der Waals surface area contributed by atoms with Gasteiger partial charge in [-0.2, -0.15) is 9.30 Å². The number of aromatic nitrogens is 1. The molecule has 0 aliphatic heterocycles. The molecule has 1 amide bonds. The second-order valence-corrected chi connectivity index (χ2v) is 11.2. The summed E-state index contributed by atoms with van der Waals surface area (Å²) in [6, 6.07) is 10.8. The summed E-state index contributed by atoms with van der Waals surface area (Å²) in [4.78, 5) is 29.9. The monoisotopic (exact) mass is 579 g/mol. The molecule has 2 aromatic carbocycles. The van der Waals surface area contributed by atoms with Crippen molar-refractivity contribution in [1.82, 2.24) is 8.87 Å². The molecule has 1 aromatic heterocycles. The highest BCUT2D eigenvalue weighted by Crippen LogP contribution is 2.21. The molecule has 0 fully saturated rings. The number of hydrogen-bond acceptors (Lipinski definition) is 9.